The van der Waals surface area contributed by atoms with E-state index in [0.717, 1.165) is 0 Å². The molecule has 1 atom stereocenters. The van der Waals surface area contributed by atoms with E-state index in [-0.39, 0.29) is 18.6 Å². The van der Waals surface area contributed by atoms with Crippen molar-refractivity contribution >= 4 is 28.6 Å². The van der Waals surface area contributed by atoms with Gasteiger partial charge in [-0.2, -0.15) is 0 Å². The fraction of sp³-hybridized carbons (Fsp3) is 0.333. The number of hydrogen-bond donors (Lipinski definition) is 1. The van der Waals surface area contributed by atoms with Crippen LogP contribution < -0.4 is 5.32 Å². The van der Waals surface area contributed by atoms with Gasteiger partial charge < -0.3 is 10.1 Å². The molecule has 0 aliphatic heterocycles. The number of carbonyl (C=O) groups is 3. The van der Waals surface area contributed by atoms with Gasteiger partial charge in [0.05, 0.1) is 18.2 Å². The molecule has 1 aromatic carbocycles. The summed E-state index contributed by atoms with van der Waals surface area (Å²) in [5.74, 6) is -0.925. The molecule has 0 aliphatic carbocycles. The van der Waals surface area contributed by atoms with Crippen LogP contribution >= 0.6 is 0 Å². The molecule has 0 unspecified atom stereocenters. The number of esters is 1. The van der Waals surface area contributed by atoms with Crippen LogP contribution in [0.15, 0.2) is 36.5 Å². The van der Waals surface area contributed by atoms with Crippen molar-refractivity contribution in [3.63, 3.8) is 0 Å². The molecule has 0 aliphatic rings. The largest absolute Gasteiger partial charge is 0.467 e. The Labute approximate surface area is 140 Å². The molecule has 1 amide bonds. The minimum absolute atomic E-state index is 0.0347. The molecular formula is C18H20N2O4. The number of rotatable bonds is 7. The lowest BCUT2D eigenvalue weighted by atomic mass is 10.1. The van der Waals surface area contributed by atoms with Gasteiger partial charge in [-0.15, -0.1) is 0 Å². The molecule has 126 valence electrons. The number of hydrogen-bond acceptors (Lipinski definition) is 5. The van der Waals surface area contributed by atoms with E-state index in [9.17, 15) is 14.4 Å². The van der Waals surface area contributed by atoms with Crippen molar-refractivity contribution in [3.05, 3.63) is 42.1 Å². The number of fused-ring (bicyclic) bond motifs is 1. The third kappa shape index (κ3) is 4.16. The topological polar surface area (TPSA) is 85.4 Å². The molecule has 0 saturated carbocycles. The molecule has 2 rings (SSSR count). The quantitative estimate of drug-likeness (QED) is 0.788. The van der Waals surface area contributed by atoms with Crippen LogP contribution in [0.3, 0.4) is 0 Å². The maximum Gasteiger partial charge on any atom is 0.328 e. The summed E-state index contributed by atoms with van der Waals surface area (Å²) >= 11 is 0. The summed E-state index contributed by atoms with van der Waals surface area (Å²) in [4.78, 5) is 40.1. The lowest BCUT2D eigenvalue weighted by Crippen LogP contribution is -2.41. The molecule has 0 fully saturated rings. The highest BCUT2D eigenvalue weighted by Crippen LogP contribution is 2.16. The van der Waals surface area contributed by atoms with E-state index < -0.39 is 17.9 Å². The zero-order chi connectivity index (χ0) is 17.5. The first-order chi connectivity index (χ1) is 11.6. The molecule has 1 aromatic heterocycles. The molecule has 1 heterocycles. The van der Waals surface area contributed by atoms with Gasteiger partial charge >= 0.3 is 5.97 Å². The van der Waals surface area contributed by atoms with Crippen LogP contribution in [-0.2, 0) is 14.3 Å². The van der Waals surface area contributed by atoms with Gasteiger partial charge in [-0.3, -0.25) is 14.6 Å². The number of methoxy groups -OCH3 is 1. The van der Waals surface area contributed by atoms with Gasteiger partial charge in [-0.1, -0.05) is 25.1 Å². The van der Waals surface area contributed by atoms with Gasteiger partial charge in [0.15, 0.2) is 0 Å². The number of ether oxygens (including phenoxy) is 1. The second-order valence-corrected chi connectivity index (χ2v) is 5.36. The SMILES string of the molecule is CCC(=O)CC[C@@H](NC(=O)c1ccnc2ccccc12)C(=O)OC. The second-order valence-electron chi connectivity index (χ2n) is 5.36. The van der Waals surface area contributed by atoms with Crippen molar-refractivity contribution in [2.24, 2.45) is 0 Å². The van der Waals surface area contributed by atoms with Gasteiger partial charge in [-0.05, 0) is 18.6 Å². The Kier molecular flexibility index (Phi) is 6.01. The molecule has 1 N–H and O–H groups in total. The summed E-state index contributed by atoms with van der Waals surface area (Å²) in [6, 6.07) is 8.01. The Hall–Kier alpha value is -2.76. The molecule has 0 bridgehead atoms. The van der Waals surface area contributed by atoms with Crippen molar-refractivity contribution in [3.8, 4) is 0 Å². The predicted octanol–water partition coefficient (Wildman–Crippen LogP) is 2.27. The zero-order valence-electron chi connectivity index (χ0n) is 13.7. The van der Waals surface area contributed by atoms with Gasteiger partial charge in [0.2, 0.25) is 0 Å². The van der Waals surface area contributed by atoms with Gasteiger partial charge in [0, 0.05) is 24.4 Å². The van der Waals surface area contributed by atoms with Crippen molar-refractivity contribution in [2.45, 2.75) is 32.2 Å². The van der Waals surface area contributed by atoms with Crippen LogP contribution in [0.1, 0.15) is 36.5 Å². The van der Waals surface area contributed by atoms with Crippen LogP contribution in [0.25, 0.3) is 10.9 Å². The summed E-state index contributed by atoms with van der Waals surface area (Å²) in [5, 5.41) is 3.36. The van der Waals surface area contributed by atoms with Crippen LogP contribution in [-0.4, -0.2) is 35.8 Å². The van der Waals surface area contributed by atoms with E-state index in [2.05, 4.69) is 10.3 Å². The molecular weight excluding hydrogens is 308 g/mol. The lowest BCUT2D eigenvalue weighted by molar-refractivity contribution is -0.143. The van der Waals surface area contributed by atoms with Crippen LogP contribution in [0.4, 0.5) is 0 Å². The van der Waals surface area contributed by atoms with Crippen molar-refractivity contribution in [2.75, 3.05) is 7.11 Å². The first-order valence-corrected chi connectivity index (χ1v) is 7.81. The van der Waals surface area contributed by atoms with Crippen LogP contribution in [0, 0.1) is 0 Å². The Morgan fingerprint density at radius 1 is 1.21 bits per heavy atom. The minimum atomic E-state index is -0.857. The Morgan fingerprint density at radius 2 is 1.96 bits per heavy atom. The van der Waals surface area contributed by atoms with Gasteiger partial charge in [0.1, 0.15) is 11.8 Å². The number of para-hydroxylation sites is 1. The summed E-state index contributed by atoms with van der Waals surface area (Å²) in [6.45, 7) is 1.76. The number of carbonyl (C=O) groups excluding carboxylic acids is 3. The van der Waals surface area contributed by atoms with Crippen molar-refractivity contribution in [1.82, 2.24) is 10.3 Å². The summed E-state index contributed by atoms with van der Waals surface area (Å²) in [5.41, 5.74) is 1.12. The normalized spacial score (nSPS) is 11.8. The predicted molar refractivity (Wildman–Crippen MR) is 89.5 cm³/mol. The third-order valence-corrected chi connectivity index (χ3v) is 3.79. The highest BCUT2D eigenvalue weighted by Gasteiger charge is 2.23. The molecule has 0 saturated heterocycles. The number of amides is 1. The Bertz CT molecular complexity index is 752. The zero-order valence-corrected chi connectivity index (χ0v) is 13.7. The number of Topliss-reactive ketones (excluding diaryl/α,β-unsaturated/α-hetero) is 1. The van der Waals surface area contributed by atoms with E-state index >= 15 is 0 Å². The first-order valence-electron chi connectivity index (χ1n) is 7.81. The van der Waals surface area contributed by atoms with Crippen LogP contribution in [0.2, 0.25) is 0 Å². The first kappa shape index (κ1) is 17.6. The third-order valence-electron chi connectivity index (χ3n) is 3.79. The Balaban J connectivity index is 2.19. The number of pyridine rings is 1. The fourth-order valence-electron chi connectivity index (χ4n) is 2.40. The van der Waals surface area contributed by atoms with E-state index in [0.29, 0.717) is 22.9 Å². The fourth-order valence-corrected chi connectivity index (χ4v) is 2.40. The summed E-state index contributed by atoms with van der Waals surface area (Å²) < 4.78 is 4.73. The summed E-state index contributed by atoms with van der Waals surface area (Å²) in [7, 11) is 1.25. The van der Waals surface area contributed by atoms with Crippen molar-refractivity contribution in [1.29, 1.82) is 0 Å². The number of benzene rings is 1. The smallest absolute Gasteiger partial charge is 0.328 e. The molecule has 0 spiro atoms. The summed E-state index contributed by atoms with van der Waals surface area (Å²) in [6.07, 6.45) is 2.38. The van der Waals surface area contributed by atoms with E-state index in [1.807, 2.05) is 18.2 Å². The second kappa shape index (κ2) is 8.19. The molecule has 2 aromatic rings. The number of nitrogens with one attached hydrogen (secondary N) is 1. The van der Waals surface area contributed by atoms with Crippen LogP contribution in [0.5, 0.6) is 0 Å². The number of nitrogens with zero attached hydrogens (tertiary/aromatic N) is 1. The monoisotopic (exact) mass is 328 g/mol. The molecule has 6 nitrogen and oxygen atoms in total. The minimum Gasteiger partial charge on any atom is -0.467 e. The van der Waals surface area contributed by atoms with Gasteiger partial charge in [-0.25, -0.2) is 4.79 Å². The average Bonchev–Trinajstić information content (AvgIpc) is 2.63. The van der Waals surface area contributed by atoms with E-state index in [1.165, 1.54) is 7.11 Å². The maximum absolute atomic E-state index is 12.6. The lowest BCUT2D eigenvalue weighted by Gasteiger charge is -2.16. The maximum atomic E-state index is 12.6. The highest BCUT2D eigenvalue weighted by molar-refractivity contribution is 6.07. The van der Waals surface area contributed by atoms with E-state index in [4.69, 9.17) is 4.74 Å². The molecule has 0 radical (unpaired) electrons. The molecule has 24 heavy (non-hydrogen) atoms. The Morgan fingerprint density at radius 3 is 2.67 bits per heavy atom. The highest BCUT2D eigenvalue weighted by atomic mass is 16.5. The molecule has 6 heteroatoms. The van der Waals surface area contributed by atoms with E-state index in [1.54, 1.807) is 25.3 Å². The van der Waals surface area contributed by atoms with Gasteiger partial charge in [0.25, 0.3) is 5.91 Å². The average molecular weight is 328 g/mol. The number of ketones is 1. The standard InChI is InChI=1S/C18H20N2O4/c1-3-12(21)8-9-16(18(23)24-2)20-17(22)14-10-11-19-15-7-5-4-6-13(14)15/h4-7,10-11,16H,3,8-9H2,1-2H3,(H,20,22)/t16-/m1/s1. The van der Waals surface area contributed by atoms with Crippen molar-refractivity contribution < 1.29 is 19.1 Å². The number of aromatic nitrogens is 1.